The first-order valence-electron chi connectivity index (χ1n) is 12.7. The van der Waals surface area contributed by atoms with Gasteiger partial charge < -0.3 is 10.2 Å². The Morgan fingerprint density at radius 1 is 1.19 bits per heavy atom. The van der Waals surface area contributed by atoms with Gasteiger partial charge in [0.05, 0.1) is 11.7 Å². The zero-order valence-corrected chi connectivity index (χ0v) is 20.4. The van der Waals surface area contributed by atoms with E-state index in [0.717, 1.165) is 37.7 Å². The average Bonchev–Trinajstić information content (AvgIpc) is 3.03. The molecule has 8 atom stereocenters. The van der Waals surface area contributed by atoms with E-state index in [4.69, 9.17) is 0 Å². The number of rotatable bonds is 5. The topological polar surface area (TPSA) is 57.5 Å². The molecule has 4 aliphatic rings. The lowest BCUT2D eigenvalue weighted by atomic mass is 9.46. The average molecular weight is 429 g/mol. The van der Waals surface area contributed by atoms with Gasteiger partial charge in [0.25, 0.3) is 0 Å². The largest absolute Gasteiger partial charge is 0.393 e. The summed E-state index contributed by atoms with van der Waals surface area (Å²) in [5, 5.41) is 20.4. The van der Waals surface area contributed by atoms with Crippen LogP contribution < -0.4 is 0 Å². The summed E-state index contributed by atoms with van der Waals surface area (Å²) in [4.78, 5) is 13.4. The van der Waals surface area contributed by atoms with E-state index in [-0.39, 0.29) is 22.9 Å². The minimum Gasteiger partial charge on any atom is -0.393 e. The predicted molar refractivity (Wildman–Crippen MR) is 125 cm³/mol. The van der Waals surface area contributed by atoms with Gasteiger partial charge in [-0.25, -0.2) is 0 Å². The number of hydrogen-bond donors (Lipinski definition) is 2. The highest BCUT2D eigenvalue weighted by molar-refractivity contribution is 5.94. The minimum atomic E-state index is -0.804. The van der Waals surface area contributed by atoms with E-state index in [1.54, 1.807) is 0 Å². The molecule has 0 saturated heterocycles. The number of aliphatic hydroxyl groups is 2. The van der Waals surface area contributed by atoms with Crippen molar-refractivity contribution in [1.29, 1.82) is 0 Å². The number of carbonyl (C=O) groups is 1. The van der Waals surface area contributed by atoms with E-state index >= 15 is 0 Å². The molecule has 174 valence electrons. The zero-order chi connectivity index (χ0) is 22.8. The van der Waals surface area contributed by atoms with Crippen molar-refractivity contribution in [3.63, 3.8) is 0 Å². The van der Waals surface area contributed by atoms with Gasteiger partial charge in [0.2, 0.25) is 0 Å². The number of ketones is 1. The summed E-state index contributed by atoms with van der Waals surface area (Å²) in [5.41, 5.74) is 1.70. The standard InChI is InChI=1S/C28H44O3/c1-17(7-8-18(2)26(3,4)31)21-9-10-22-25-23(12-14-28(21,22)6)27(5)13-11-20(29)15-19(27)16-24(25)30/h16-17,20-23,25,29,31H,2,7-15H2,1,3-6H3/t17-,20+,21-,22+,23+,25+,27+,28-/m1/s1. The quantitative estimate of drug-likeness (QED) is 0.540. The third-order valence-corrected chi connectivity index (χ3v) is 10.4. The number of allylic oxidation sites excluding steroid dienone is 1. The Morgan fingerprint density at radius 2 is 1.90 bits per heavy atom. The molecule has 0 heterocycles. The fourth-order valence-corrected chi connectivity index (χ4v) is 8.27. The maximum Gasteiger partial charge on any atom is 0.159 e. The van der Waals surface area contributed by atoms with Crippen LogP contribution in [-0.4, -0.2) is 27.7 Å². The Morgan fingerprint density at radius 3 is 2.58 bits per heavy atom. The molecule has 0 aromatic rings. The molecule has 3 heteroatoms. The maximum absolute atomic E-state index is 13.4. The van der Waals surface area contributed by atoms with E-state index in [2.05, 4.69) is 27.4 Å². The van der Waals surface area contributed by atoms with Crippen molar-refractivity contribution < 1.29 is 15.0 Å². The third-order valence-electron chi connectivity index (χ3n) is 10.4. The zero-order valence-electron chi connectivity index (χ0n) is 20.4. The van der Waals surface area contributed by atoms with Crippen molar-refractivity contribution in [3.8, 4) is 0 Å². The van der Waals surface area contributed by atoms with E-state index in [1.165, 1.54) is 24.8 Å². The molecule has 3 nitrogen and oxygen atoms in total. The summed E-state index contributed by atoms with van der Waals surface area (Å²) in [6.45, 7) is 15.0. The fraction of sp³-hybridized carbons (Fsp3) is 0.821. The summed E-state index contributed by atoms with van der Waals surface area (Å²) in [6, 6.07) is 0. The molecule has 3 saturated carbocycles. The molecule has 0 aromatic carbocycles. The summed E-state index contributed by atoms with van der Waals surface area (Å²) >= 11 is 0. The van der Waals surface area contributed by atoms with Crippen molar-refractivity contribution in [2.24, 2.45) is 40.4 Å². The normalized spacial score (nSPS) is 43.5. The van der Waals surface area contributed by atoms with Crippen molar-refractivity contribution in [2.75, 3.05) is 0 Å². The minimum absolute atomic E-state index is 0.104. The van der Waals surface area contributed by atoms with Crippen LogP contribution in [0, 0.1) is 40.4 Å². The first kappa shape index (κ1) is 23.2. The second kappa shape index (κ2) is 7.83. The lowest BCUT2D eigenvalue weighted by Crippen LogP contribution is -2.53. The van der Waals surface area contributed by atoms with Crippen LogP contribution in [0.3, 0.4) is 0 Å². The molecule has 0 radical (unpaired) electrons. The first-order chi connectivity index (χ1) is 14.4. The molecule has 0 spiro atoms. The SMILES string of the molecule is C=C(CC[C@@H](C)[C@H]1CC[C@H]2[C@@H]3C(=O)C=C4C[C@@H](O)CC[C@]4(C)[C@H]3CC[C@]12C)C(C)(C)O. The van der Waals surface area contributed by atoms with Crippen LogP contribution in [-0.2, 0) is 4.79 Å². The van der Waals surface area contributed by atoms with Gasteiger partial charge in [-0.3, -0.25) is 4.79 Å². The second-order valence-electron chi connectivity index (χ2n) is 12.5. The fourth-order valence-electron chi connectivity index (χ4n) is 8.27. The van der Waals surface area contributed by atoms with Gasteiger partial charge in [0, 0.05) is 5.92 Å². The van der Waals surface area contributed by atoms with Crippen LogP contribution in [0.5, 0.6) is 0 Å². The predicted octanol–water partition coefficient (Wildman–Crippen LogP) is 5.85. The van der Waals surface area contributed by atoms with E-state index in [9.17, 15) is 15.0 Å². The van der Waals surface area contributed by atoms with Crippen LogP contribution in [0.4, 0.5) is 0 Å². The summed E-state index contributed by atoms with van der Waals surface area (Å²) in [5.74, 6) is 2.69. The van der Waals surface area contributed by atoms with Crippen LogP contribution in [0.15, 0.2) is 23.8 Å². The van der Waals surface area contributed by atoms with Crippen LogP contribution in [0.2, 0.25) is 0 Å². The van der Waals surface area contributed by atoms with Crippen LogP contribution >= 0.6 is 0 Å². The molecule has 3 fully saturated rings. The van der Waals surface area contributed by atoms with Gasteiger partial charge in [0.15, 0.2) is 5.78 Å². The van der Waals surface area contributed by atoms with Crippen molar-refractivity contribution >= 4 is 5.78 Å². The molecular formula is C28H44O3. The molecule has 4 aliphatic carbocycles. The highest BCUT2D eigenvalue weighted by Gasteiger charge is 2.61. The Labute approximate surface area is 189 Å². The highest BCUT2D eigenvalue weighted by Crippen LogP contribution is 2.66. The summed E-state index contributed by atoms with van der Waals surface area (Å²) in [7, 11) is 0. The van der Waals surface area contributed by atoms with E-state index in [1.807, 2.05) is 19.9 Å². The summed E-state index contributed by atoms with van der Waals surface area (Å²) < 4.78 is 0. The molecule has 0 amide bonds. The second-order valence-corrected chi connectivity index (χ2v) is 12.5. The molecular weight excluding hydrogens is 384 g/mol. The lowest BCUT2D eigenvalue weighted by molar-refractivity contribution is -0.135. The molecule has 2 N–H and O–H groups in total. The monoisotopic (exact) mass is 428 g/mol. The third kappa shape index (κ3) is 3.78. The van der Waals surface area contributed by atoms with Crippen molar-refractivity contribution in [2.45, 2.75) is 104 Å². The van der Waals surface area contributed by atoms with Crippen molar-refractivity contribution in [1.82, 2.24) is 0 Å². The molecule has 0 bridgehead atoms. The van der Waals surface area contributed by atoms with Gasteiger partial charge in [-0.2, -0.15) is 0 Å². The Hall–Kier alpha value is -0.930. The Kier molecular flexibility index (Phi) is 5.87. The highest BCUT2D eigenvalue weighted by atomic mass is 16.3. The number of hydrogen-bond acceptors (Lipinski definition) is 3. The van der Waals surface area contributed by atoms with Crippen molar-refractivity contribution in [3.05, 3.63) is 23.8 Å². The molecule has 0 unspecified atom stereocenters. The summed E-state index contributed by atoms with van der Waals surface area (Å²) in [6.07, 6.45) is 11.0. The Balaban J connectivity index is 1.53. The maximum atomic E-state index is 13.4. The van der Waals surface area contributed by atoms with Gasteiger partial charge in [-0.15, -0.1) is 0 Å². The molecule has 31 heavy (non-hydrogen) atoms. The van der Waals surface area contributed by atoms with Crippen LogP contribution in [0.1, 0.15) is 92.4 Å². The van der Waals surface area contributed by atoms with Gasteiger partial charge >= 0.3 is 0 Å². The van der Waals surface area contributed by atoms with Crippen LogP contribution in [0.25, 0.3) is 0 Å². The molecule has 4 rings (SSSR count). The molecule has 0 aromatic heterocycles. The number of fused-ring (bicyclic) bond motifs is 5. The lowest BCUT2D eigenvalue weighted by Gasteiger charge is -2.57. The first-order valence-corrected chi connectivity index (χ1v) is 12.7. The van der Waals surface area contributed by atoms with E-state index in [0.29, 0.717) is 35.9 Å². The van der Waals surface area contributed by atoms with Gasteiger partial charge in [0.1, 0.15) is 0 Å². The molecule has 0 aliphatic heterocycles. The Bertz CT molecular complexity index is 774. The number of carbonyl (C=O) groups excluding carboxylic acids is 1. The van der Waals surface area contributed by atoms with Gasteiger partial charge in [-0.1, -0.05) is 32.9 Å². The smallest absolute Gasteiger partial charge is 0.159 e. The number of aliphatic hydroxyl groups excluding tert-OH is 1. The van der Waals surface area contributed by atoms with Gasteiger partial charge in [-0.05, 0) is 118 Å². The van der Waals surface area contributed by atoms with E-state index < -0.39 is 5.60 Å².